The molecule has 0 spiro atoms. The van der Waals surface area contributed by atoms with Gasteiger partial charge in [0.15, 0.2) is 0 Å². The molecule has 1 heterocycles. The van der Waals surface area contributed by atoms with Gasteiger partial charge >= 0.3 is 12.1 Å². The van der Waals surface area contributed by atoms with E-state index in [0.717, 1.165) is 0 Å². The number of carbonyl (C=O) groups is 1. The summed E-state index contributed by atoms with van der Waals surface area (Å²) in [4.78, 5) is 11.8. The van der Waals surface area contributed by atoms with Crippen molar-refractivity contribution >= 4 is 5.97 Å². The van der Waals surface area contributed by atoms with Crippen LogP contribution in [0.25, 0.3) is 0 Å². The monoisotopic (exact) mass is 293 g/mol. The van der Waals surface area contributed by atoms with Gasteiger partial charge in [-0.1, -0.05) is 0 Å². The second kappa shape index (κ2) is 6.74. The Balaban J connectivity index is 2.88. The minimum atomic E-state index is -4.40. The third kappa shape index (κ3) is 4.84. The molecule has 0 aliphatic heterocycles. The number of rotatable bonds is 6. The fourth-order valence-electron chi connectivity index (χ4n) is 1.56. The highest BCUT2D eigenvalue weighted by atomic mass is 19.4. The molecular formula is C12H18F3N3O2. The molecule has 0 saturated heterocycles. The van der Waals surface area contributed by atoms with Gasteiger partial charge in [0.05, 0.1) is 19.3 Å². The molecule has 0 bridgehead atoms. The Bertz CT molecular complexity index is 443. The summed E-state index contributed by atoms with van der Waals surface area (Å²) in [5.41, 5.74) is 0.349. The van der Waals surface area contributed by atoms with E-state index in [0.29, 0.717) is 5.56 Å². The van der Waals surface area contributed by atoms with Crippen molar-refractivity contribution in [3.8, 4) is 0 Å². The number of esters is 1. The number of carbonyl (C=O) groups excluding carboxylic acids is 1. The van der Waals surface area contributed by atoms with E-state index in [1.165, 1.54) is 12.4 Å². The molecule has 1 rings (SSSR count). The first-order valence-electron chi connectivity index (χ1n) is 6.25. The summed E-state index contributed by atoms with van der Waals surface area (Å²) in [6, 6.07) is -1.13. The lowest BCUT2D eigenvalue weighted by Crippen LogP contribution is -2.36. The Morgan fingerprint density at radius 3 is 2.60 bits per heavy atom. The van der Waals surface area contributed by atoms with Crippen molar-refractivity contribution in [2.24, 2.45) is 0 Å². The molecule has 0 aliphatic rings. The highest BCUT2D eigenvalue weighted by Gasteiger charge is 2.32. The van der Waals surface area contributed by atoms with Crippen molar-refractivity contribution in [1.29, 1.82) is 0 Å². The van der Waals surface area contributed by atoms with Gasteiger partial charge in [0.25, 0.3) is 0 Å². The highest BCUT2D eigenvalue weighted by Crippen LogP contribution is 2.19. The number of ether oxygens (including phenoxy) is 1. The molecule has 1 aromatic rings. The maximum atomic E-state index is 12.3. The molecule has 8 heteroatoms. The molecule has 0 aliphatic carbocycles. The van der Waals surface area contributed by atoms with Crippen LogP contribution < -0.4 is 5.32 Å². The summed E-state index contributed by atoms with van der Waals surface area (Å²) in [5.74, 6) is -0.750. The summed E-state index contributed by atoms with van der Waals surface area (Å²) < 4.78 is 43.2. The van der Waals surface area contributed by atoms with Gasteiger partial charge in [-0.05, 0) is 20.8 Å². The molecule has 1 unspecified atom stereocenters. The number of nitrogens with one attached hydrogen (secondary N) is 1. The second-order valence-corrected chi connectivity index (χ2v) is 4.53. The summed E-state index contributed by atoms with van der Waals surface area (Å²) in [6.07, 6.45) is -1.50. The summed E-state index contributed by atoms with van der Waals surface area (Å²) in [5, 5.41) is 6.17. The summed E-state index contributed by atoms with van der Waals surface area (Å²) >= 11 is 0. The standard InChI is InChI=1S/C12H18F3N3O2/c1-4-20-11(19)10(16-7-12(13,14)15)9-5-17-18(6-9)8(2)3/h5-6,8,10,16H,4,7H2,1-3H3. The molecule has 0 aromatic carbocycles. The third-order valence-electron chi connectivity index (χ3n) is 2.51. The Morgan fingerprint density at radius 1 is 1.50 bits per heavy atom. The van der Waals surface area contributed by atoms with Gasteiger partial charge in [-0.15, -0.1) is 0 Å². The van der Waals surface area contributed by atoms with Crippen molar-refractivity contribution < 1.29 is 22.7 Å². The van der Waals surface area contributed by atoms with E-state index in [1.54, 1.807) is 11.6 Å². The number of aromatic nitrogens is 2. The molecule has 0 amide bonds. The first-order valence-corrected chi connectivity index (χ1v) is 6.25. The van der Waals surface area contributed by atoms with Gasteiger partial charge in [-0.2, -0.15) is 18.3 Å². The van der Waals surface area contributed by atoms with Gasteiger partial charge in [0.2, 0.25) is 0 Å². The normalized spacial score (nSPS) is 13.6. The lowest BCUT2D eigenvalue weighted by atomic mass is 10.1. The van der Waals surface area contributed by atoms with Gasteiger partial charge in [0.1, 0.15) is 6.04 Å². The Labute approximate surface area is 115 Å². The highest BCUT2D eigenvalue weighted by molar-refractivity contribution is 5.77. The Kier molecular flexibility index (Phi) is 5.55. The van der Waals surface area contributed by atoms with Crippen LogP contribution in [0.15, 0.2) is 12.4 Å². The molecule has 114 valence electrons. The number of halogens is 3. The van der Waals surface area contributed by atoms with Crippen molar-refractivity contribution in [3.05, 3.63) is 18.0 Å². The zero-order valence-electron chi connectivity index (χ0n) is 11.6. The molecule has 5 nitrogen and oxygen atoms in total. The zero-order valence-corrected chi connectivity index (χ0v) is 11.6. The van der Waals surface area contributed by atoms with E-state index >= 15 is 0 Å². The number of hydrogen-bond donors (Lipinski definition) is 1. The maximum absolute atomic E-state index is 12.3. The maximum Gasteiger partial charge on any atom is 0.401 e. The third-order valence-corrected chi connectivity index (χ3v) is 2.51. The fourth-order valence-corrected chi connectivity index (χ4v) is 1.56. The van der Waals surface area contributed by atoms with Crippen LogP contribution in [-0.2, 0) is 9.53 Å². The molecule has 0 fully saturated rings. The zero-order chi connectivity index (χ0) is 15.3. The van der Waals surface area contributed by atoms with Crippen LogP contribution in [0.5, 0.6) is 0 Å². The molecular weight excluding hydrogens is 275 g/mol. The van der Waals surface area contributed by atoms with E-state index in [1.807, 2.05) is 13.8 Å². The van der Waals surface area contributed by atoms with E-state index in [2.05, 4.69) is 10.4 Å². The quantitative estimate of drug-likeness (QED) is 0.817. The number of nitrogens with zero attached hydrogens (tertiary/aromatic N) is 2. The lowest BCUT2D eigenvalue weighted by molar-refractivity contribution is -0.149. The van der Waals surface area contributed by atoms with Crippen molar-refractivity contribution in [1.82, 2.24) is 15.1 Å². The molecule has 20 heavy (non-hydrogen) atoms. The van der Waals surface area contributed by atoms with Crippen LogP contribution >= 0.6 is 0 Å². The van der Waals surface area contributed by atoms with E-state index < -0.39 is 24.7 Å². The minimum Gasteiger partial charge on any atom is -0.465 e. The first-order chi connectivity index (χ1) is 9.24. The first kappa shape index (κ1) is 16.5. The van der Waals surface area contributed by atoms with Gasteiger partial charge in [-0.25, -0.2) is 4.79 Å². The SMILES string of the molecule is CCOC(=O)C(NCC(F)(F)F)c1cnn(C(C)C)c1. The van der Waals surface area contributed by atoms with E-state index in [-0.39, 0.29) is 12.6 Å². The van der Waals surface area contributed by atoms with E-state index in [4.69, 9.17) is 4.74 Å². The summed E-state index contributed by atoms with van der Waals surface area (Å²) in [7, 11) is 0. The van der Waals surface area contributed by atoms with Crippen LogP contribution in [0.4, 0.5) is 13.2 Å². The van der Waals surface area contributed by atoms with Crippen LogP contribution in [0.3, 0.4) is 0 Å². The fraction of sp³-hybridized carbons (Fsp3) is 0.667. The van der Waals surface area contributed by atoms with Crippen LogP contribution in [0, 0.1) is 0 Å². The largest absolute Gasteiger partial charge is 0.465 e. The Morgan fingerprint density at radius 2 is 2.15 bits per heavy atom. The second-order valence-electron chi connectivity index (χ2n) is 4.53. The van der Waals surface area contributed by atoms with Crippen LogP contribution in [0.1, 0.15) is 38.4 Å². The van der Waals surface area contributed by atoms with Gasteiger partial charge in [-0.3, -0.25) is 10.00 Å². The summed E-state index contributed by atoms with van der Waals surface area (Å²) in [6.45, 7) is 4.17. The van der Waals surface area contributed by atoms with Crippen molar-refractivity contribution in [3.63, 3.8) is 0 Å². The van der Waals surface area contributed by atoms with Crippen molar-refractivity contribution in [2.45, 2.75) is 39.0 Å². The van der Waals surface area contributed by atoms with Gasteiger partial charge < -0.3 is 4.74 Å². The Hall–Kier alpha value is -1.57. The van der Waals surface area contributed by atoms with Gasteiger partial charge in [0, 0.05) is 17.8 Å². The predicted molar refractivity (Wildman–Crippen MR) is 66.0 cm³/mol. The van der Waals surface area contributed by atoms with Crippen molar-refractivity contribution in [2.75, 3.05) is 13.2 Å². The average Bonchev–Trinajstić information content (AvgIpc) is 2.77. The van der Waals surface area contributed by atoms with E-state index in [9.17, 15) is 18.0 Å². The lowest BCUT2D eigenvalue weighted by Gasteiger charge is -2.17. The number of alkyl halides is 3. The molecule has 0 radical (unpaired) electrons. The number of hydrogen-bond acceptors (Lipinski definition) is 4. The molecule has 1 atom stereocenters. The minimum absolute atomic E-state index is 0.0502. The molecule has 1 aromatic heterocycles. The average molecular weight is 293 g/mol. The molecule has 1 N–H and O–H groups in total. The van der Waals surface area contributed by atoms with Crippen LogP contribution in [0.2, 0.25) is 0 Å². The molecule has 0 saturated carbocycles. The van der Waals surface area contributed by atoms with Crippen LogP contribution in [-0.4, -0.2) is 35.1 Å². The predicted octanol–water partition coefficient (Wildman–Crippen LogP) is 2.22. The topological polar surface area (TPSA) is 56.1 Å². The smallest absolute Gasteiger partial charge is 0.401 e.